The number of fused-ring (bicyclic) bond motifs is 3. The molecule has 2 aliphatic rings. The number of aryl methyl sites for hydroxylation is 1. The van der Waals surface area contributed by atoms with Gasteiger partial charge in [0.1, 0.15) is 11.6 Å². The zero-order valence-electron chi connectivity index (χ0n) is 15.1. The van der Waals surface area contributed by atoms with Gasteiger partial charge in [-0.25, -0.2) is 0 Å². The van der Waals surface area contributed by atoms with Crippen LogP contribution in [-0.4, -0.2) is 27.6 Å². The maximum Gasteiger partial charge on any atom is 0.159 e. The average Bonchev–Trinajstić information content (AvgIpc) is 2.89. The molecular weight excluding hydrogens is 312 g/mol. The summed E-state index contributed by atoms with van der Waals surface area (Å²) in [5, 5.41) is 8.55. The van der Waals surface area contributed by atoms with E-state index in [1.165, 1.54) is 5.57 Å². The molecule has 1 aliphatic carbocycles. The van der Waals surface area contributed by atoms with Crippen molar-refractivity contribution < 1.29 is 4.74 Å². The molecule has 128 valence electrons. The Morgan fingerprint density at radius 1 is 1.20 bits per heavy atom. The van der Waals surface area contributed by atoms with Gasteiger partial charge in [0.25, 0.3) is 0 Å². The molecule has 0 spiro atoms. The van der Waals surface area contributed by atoms with Crippen molar-refractivity contribution in [1.29, 1.82) is 0 Å². The number of allylic oxidation sites excluding steroid dienone is 4. The van der Waals surface area contributed by atoms with Crippen molar-refractivity contribution in [2.24, 2.45) is 10.4 Å². The van der Waals surface area contributed by atoms with E-state index in [0.717, 1.165) is 40.8 Å². The molecule has 0 bridgehead atoms. The smallest absolute Gasteiger partial charge is 0.159 e. The third-order valence-electron chi connectivity index (χ3n) is 5.07. The lowest BCUT2D eigenvalue weighted by molar-refractivity contribution is 0.414. The van der Waals surface area contributed by atoms with E-state index in [2.05, 4.69) is 59.0 Å². The van der Waals surface area contributed by atoms with Crippen LogP contribution in [0.5, 0.6) is 5.75 Å². The van der Waals surface area contributed by atoms with Gasteiger partial charge in [-0.3, -0.25) is 9.56 Å². The van der Waals surface area contributed by atoms with Crippen LogP contribution in [0.2, 0.25) is 0 Å². The average molecular weight is 334 g/mol. The molecular formula is C20H22N4O. The Hall–Kier alpha value is -2.69. The lowest BCUT2D eigenvalue weighted by Crippen LogP contribution is -2.28. The van der Waals surface area contributed by atoms with Crippen LogP contribution in [-0.2, 0) is 6.54 Å². The van der Waals surface area contributed by atoms with Gasteiger partial charge in [0.15, 0.2) is 5.82 Å². The molecule has 1 aromatic carbocycles. The summed E-state index contributed by atoms with van der Waals surface area (Å²) in [7, 11) is 1.69. The van der Waals surface area contributed by atoms with Crippen molar-refractivity contribution in [2.75, 3.05) is 7.11 Å². The van der Waals surface area contributed by atoms with E-state index in [1.54, 1.807) is 7.11 Å². The van der Waals surface area contributed by atoms with Crippen molar-refractivity contribution in [3.05, 3.63) is 59.2 Å². The zero-order valence-corrected chi connectivity index (χ0v) is 15.1. The van der Waals surface area contributed by atoms with Crippen LogP contribution in [0.25, 0.3) is 5.69 Å². The van der Waals surface area contributed by atoms with Gasteiger partial charge >= 0.3 is 0 Å². The number of hydrogen-bond donors (Lipinski definition) is 0. The number of hydrogen-bond acceptors (Lipinski definition) is 4. The minimum Gasteiger partial charge on any atom is -0.497 e. The van der Waals surface area contributed by atoms with Crippen LogP contribution in [0.1, 0.15) is 37.5 Å². The Kier molecular flexibility index (Phi) is 3.60. The van der Waals surface area contributed by atoms with E-state index in [1.807, 2.05) is 13.0 Å². The Balaban J connectivity index is 1.93. The molecule has 1 unspecified atom stereocenters. The van der Waals surface area contributed by atoms with Crippen LogP contribution < -0.4 is 4.74 Å². The van der Waals surface area contributed by atoms with E-state index in [4.69, 9.17) is 9.73 Å². The second kappa shape index (κ2) is 5.69. The van der Waals surface area contributed by atoms with Gasteiger partial charge in [-0.05, 0) is 38.5 Å². The number of rotatable bonds is 2. The molecule has 25 heavy (non-hydrogen) atoms. The summed E-state index contributed by atoms with van der Waals surface area (Å²) in [6.45, 7) is 6.88. The first-order valence-corrected chi connectivity index (χ1v) is 8.52. The van der Waals surface area contributed by atoms with E-state index in [0.29, 0.717) is 6.54 Å². The number of ether oxygens (including phenoxy) is 1. The lowest BCUT2D eigenvalue weighted by Gasteiger charge is -2.30. The molecule has 2 heterocycles. The van der Waals surface area contributed by atoms with Crippen molar-refractivity contribution in [3.63, 3.8) is 0 Å². The van der Waals surface area contributed by atoms with Crippen molar-refractivity contribution >= 4 is 5.71 Å². The number of aromatic nitrogens is 3. The molecule has 0 amide bonds. The van der Waals surface area contributed by atoms with Crippen LogP contribution in [0.3, 0.4) is 0 Å². The van der Waals surface area contributed by atoms with Crippen molar-refractivity contribution in [3.8, 4) is 11.4 Å². The second-order valence-corrected chi connectivity index (χ2v) is 6.95. The number of methoxy groups -OCH3 is 1. The lowest BCUT2D eigenvalue weighted by atomic mass is 9.75. The molecule has 0 saturated carbocycles. The molecule has 0 N–H and O–H groups in total. The first-order chi connectivity index (χ1) is 12.0. The standard InChI is InChI=1S/C20H22N4O/c1-13-7-9-20(3,10-8-13)19-16-11-15(25-4)5-6-17(16)24-14(2)22-23-18(24)12-21-19/h5-9,11H,10,12H2,1-4H3. The second-order valence-electron chi connectivity index (χ2n) is 6.95. The van der Waals surface area contributed by atoms with Crippen LogP contribution in [0, 0.1) is 12.3 Å². The molecule has 1 aromatic heterocycles. The first kappa shape index (κ1) is 15.8. The number of benzene rings is 1. The molecule has 1 aliphatic heterocycles. The van der Waals surface area contributed by atoms with Crippen LogP contribution in [0.15, 0.2) is 47.0 Å². The molecule has 4 rings (SSSR count). The van der Waals surface area contributed by atoms with Gasteiger partial charge in [0.2, 0.25) is 0 Å². The highest BCUT2D eigenvalue weighted by Gasteiger charge is 2.33. The molecule has 0 saturated heterocycles. The van der Waals surface area contributed by atoms with Gasteiger partial charge in [-0.2, -0.15) is 0 Å². The summed E-state index contributed by atoms with van der Waals surface area (Å²) < 4.78 is 7.58. The van der Waals surface area contributed by atoms with Gasteiger partial charge in [0, 0.05) is 11.0 Å². The largest absolute Gasteiger partial charge is 0.497 e. The minimum atomic E-state index is -0.147. The maximum atomic E-state index is 5.48. The summed E-state index contributed by atoms with van der Waals surface area (Å²) in [5.74, 6) is 2.57. The van der Waals surface area contributed by atoms with Crippen LogP contribution in [0.4, 0.5) is 0 Å². The highest BCUT2D eigenvalue weighted by atomic mass is 16.5. The molecule has 0 radical (unpaired) electrons. The Morgan fingerprint density at radius 3 is 2.76 bits per heavy atom. The number of nitrogens with zero attached hydrogens (tertiary/aromatic N) is 4. The third-order valence-corrected chi connectivity index (χ3v) is 5.07. The molecule has 0 fully saturated rings. The summed E-state index contributed by atoms with van der Waals surface area (Å²) in [5.41, 5.74) is 4.37. The Morgan fingerprint density at radius 2 is 2.04 bits per heavy atom. The minimum absolute atomic E-state index is 0.147. The summed E-state index contributed by atoms with van der Waals surface area (Å²) in [6, 6.07) is 6.13. The van der Waals surface area contributed by atoms with Crippen molar-refractivity contribution in [1.82, 2.24) is 14.8 Å². The van der Waals surface area contributed by atoms with E-state index in [9.17, 15) is 0 Å². The predicted molar refractivity (Wildman–Crippen MR) is 98.5 cm³/mol. The van der Waals surface area contributed by atoms with Gasteiger partial charge in [0.05, 0.1) is 25.1 Å². The zero-order chi connectivity index (χ0) is 17.6. The Labute approximate surface area is 147 Å². The predicted octanol–water partition coefficient (Wildman–Crippen LogP) is 3.80. The van der Waals surface area contributed by atoms with Crippen LogP contribution >= 0.6 is 0 Å². The number of aliphatic imine (C=N–C) groups is 1. The highest BCUT2D eigenvalue weighted by molar-refractivity contribution is 6.09. The van der Waals surface area contributed by atoms with E-state index >= 15 is 0 Å². The monoisotopic (exact) mass is 334 g/mol. The fraction of sp³-hybridized carbons (Fsp3) is 0.350. The van der Waals surface area contributed by atoms with E-state index in [-0.39, 0.29) is 5.41 Å². The van der Waals surface area contributed by atoms with Gasteiger partial charge in [-0.15, -0.1) is 10.2 Å². The SMILES string of the molecule is COc1ccc2c(c1)C(C1(C)C=CC(C)=CC1)=NCc1nnc(C)n1-2. The first-order valence-electron chi connectivity index (χ1n) is 8.52. The summed E-state index contributed by atoms with van der Waals surface area (Å²) in [4.78, 5) is 4.97. The maximum absolute atomic E-state index is 5.48. The van der Waals surface area contributed by atoms with Gasteiger partial charge < -0.3 is 4.74 Å². The molecule has 5 heteroatoms. The summed E-state index contributed by atoms with van der Waals surface area (Å²) >= 11 is 0. The Bertz CT molecular complexity index is 935. The normalized spacial score (nSPS) is 21.8. The fourth-order valence-electron chi connectivity index (χ4n) is 3.57. The van der Waals surface area contributed by atoms with E-state index < -0.39 is 0 Å². The van der Waals surface area contributed by atoms with Gasteiger partial charge in [-0.1, -0.05) is 30.7 Å². The molecule has 5 nitrogen and oxygen atoms in total. The summed E-state index contributed by atoms with van der Waals surface area (Å²) in [6.07, 6.45) is 7.66. The third kappa shape index (κ3) is 2.51. The quantitative estimate of drug-likeness (QED) is 0.839. The van der Waals surface area contributed by atoms with Crippen molar-refractivity contribution in [2.45, 2.75) is 33.7 Å². The molecule has 2 aromatic rings. The topological polar surface area (TPSA) is 52.3 Å². The highest BCUT2D eigenvalue weighted by Crippen LogP contribution is 2.38. The fourth-order valence-corrected chi connectivity index (χ4v) is 3.57. The molecule has 1 atom stereocenters.